The van der Waals surface area contributed by atoms with E-state index in [2.05, 4.69) is 5.10 Å². The summed E-state index contributed by atoms with van der Waals surface area (Å²) in [6.07, 6.45) is 0. The van der Waals surface area contributed by atoms with E-state index in [1.807, 2.05) is 6.92 Å². The third kappa shape index (κ3) is 2.69. The second-order valence-electron chi connectivity index (χ2n) is 4.54. The zero-order valence-corrected chi connectivity index (χ0v) is 12.3. The van der Waals surface area contributed by atoms with Crippen molar-refractivity contribution in [1.29, 1.82) is 0 Å². The lowest BCUT2D eigenvalue weighted by atomic mass is 10.0. The molecule has 20 heavy (non-hydrogen) atoms. The van der Waals surface area contributed by atoms with Crippen molar-refractivity contribution in [2.24, 2.45) is 12.8 Å². The summed E-state index contributed by atoms with van der Waals surface area (Å²) in [5, 5.41) is 4.52. The van der Waals surface area contributed by atoms with Crippen LogP contribution in [0.1, 0.15) is 22.9 Å². The summed E-state index contributed by atoms with van der Waals surface area (Å²) in [7, 11) is 3.15. The van der Waals surface area contributed by atoms with Crippen LogP contribution in [0.4, 0.5) is 0 Å². The predicted molar refractivity (Wildman–Crippen MR) is 78.2 cm³/mol. The minimum atomic E-state index is -0.557. The van der Waals surface area contributed by atoms with Crippen LogP contribution in [0.5, 0.6) is 5.75 Å². The van der Waals surface area contributed by atoms with Crippen molar-refractivity contribution in [3.05, 3.63) is 56.5 Å². The molecule has 2 rings (SSSR count). The van der Waals surface area contributed by atoms with Crippen LogP contribution in [-0.2, 0) is 7.05 Å². The first kappa shape index (κ1) is 14.6. The molecule has 0 amide bonds. The van der Waals surface area contributed by atoms with Crippen LogP contribution in [0.15, 0.2) is 29.1 Å². The van der Waals surface area contributed by atoms with E-state index in [1.165, 1.54) is 4.68 Å². The van der Waals surface area contributed by atoms with Crippen molar-refractivity contribution in [2.45, 2.75) is 13.0 Å². The minimum absolute atomic E-state index is 0.213. The van der Waals surface area contributed by atoms with Gasteiger partial charge in [0.1, 0.15) is 5.75 Å². The average molecular weight is 294 g/mol. The summed E-state index contributed by atoms with van der Waals surface area (Å²) >= 11 is 6.09. The van der Waals surface area contributed by atoms with Gasteiger partial charge in [-0.25, -0.2) is 4.68 Å². The van der Waals surface area contributed by atoms with E-state index in [0.29, 0.717) is 16.3 Å². The van der Waals surface area contributed by atoms with E-state index in [0.717, 1.165) is 11.3 Å². The summed E-state index contributed by atoms with van der Waals surface area (Å²) in [6.45, 7) is 1.82. The second-order valence-corrected chi connectivity index (χ2v) is 4.95. The molecule has 5 nitrogen and oxygen atoms in total. The van der Waals surface area contributed by atoms with Crippen molar-refractivity contribution in [3.8, 4) is 5.75 Å². The number of ether oxygens (including phenoxy) is 1. The summed E-state index contributed by atoms with van der Waals surface area (Å²) in [6, 6.07) is 6.38. The number of nitrogens with zero attached hydrogens (tertiary/aromatic N) is 2. The molecule has 1 aromatic carbocycles. The van der Waals surface area contributed by atoms with Crippen molar-refractivity contribution < 1.29 is 4.74 Å². The molecule has 0 saturated carbocycles. The Bertz CT molecular complexity index is 697. The topological polar surface area (TPSA) is 70.1 Å². The Morgan fingerprint density at radius 1 is 1.40 bits per heavy atom. The van der Waals surface area contributed by atoms with E-state index < -0.39 is 6.04 Å². The molecular weight excluding hydrogens is 278 g/mol. The number of rotatable bonds is 3. The third-order valence-electron chi connectivity index (χ3n) is 3.08. The van der Waals surface area contributed by atoms with Gasteiger partial charge in [0.25, 0.3) is 5.56 Å². The van der Waals surface area contributed by atoms with E-state index in [-0.39, 0.29) is 5.56 Å². The number of methoxy groups -OCH3 is 1. The van der Waals surface area contributed by atoms with Crippen molar-refractivity contribution in [1.82, 2.24) is 9.78 Å². The Morgan fingerprint density at radius 2 is 2.10 bits per heavy atom. The fourth-order valence-electron chi connectivity index (χ4n) is 2.06. The fraction of sp³-hybridized carbons (Fsp3) is 0.286. The molecule has 0 saturated heterocycles. The molecule has 0 spiro atoms. The first-order chi connectivity index (χ1) is 9.43. The third-order valence-corrected chi connectivity index (χ3v) is 3.38. The van der Waals surface area contributed by atoms with Crippen LogP contribution in [0.3, 0.4) is 0 Å². The summed E-state index contributed by atoms with van der Waals surface area (Å²) < 4.78 is 6.39. The van der Waals surface area contributed by atoms with Gasteiger partial charge in [-0.1, -0.05) is 17.7 Å². The van der Waals surface area contributed by atoms with Gasteiger partial charge in [0, 0.05) is 12.6 Å². The quantitative estimate of drug-likeness (QED) is 0.937. The lowest BCUT2D eigenvalue weighted by Crippen LogP contribution is -2.29. The number of nitrogens with two attached hydrogens (primary N) is 1. The molecule has 0 aliphatic rings. The van der Waals surface area contributed by atoms with Gasteiger partial charge >= 0.3 is 0 Å². The molecule has 2 N–H and O–H groups in total. The van der Waals surface area contributed by atoms with Gasteiger partial charge in [-0.3, -0.25) is 4.79 Å². The maximum atomic E-state index is 12.1. The predicted octanol–water partition coefficient (Wildman–Crippen LogP) is 1.80. The smallest absolute Gasteiger partial charge is 0.271 e. The first-order valence-electron chi connectivity index (χ1n) is 6.08. The fourth-order valence-corrected chi connectivity index (χ4v) is 2.33. The minimum Gasteiger partial charge on any atom is -0.495 e. The Balaban J connectivity index is 2.49. The van der Waals surface area contributed by atoms with Gasteiger partial charge in [0.2, 0.25) is 0 Å². The molecule has 0 radical (unpaired) electrons. The molecule has 0 bridgehead atoms. The van der Waals surface area contributed by atoms with Crippen LogP contribution in [0, 0.1) is 6.92 Å². The normalized spacial score (nSPS) is 12.2. The molecule has 1 unspecified atom stereocenters. The molecule has 106 valence electrons. The Kier molecular flexibility index (Phi) is 4.11. The highest BCUT2D eigenvalue weighted by Crippen LogP contribution is 2.28. The van der Waals surface area contributed by atoms with Gasteiger partial charge in [0.05, 0.1) is 23.9 Å². The highest BCUT2D eigenvalue weighted by atomic mass is 35.5. The van der Waals surface area contributed by atoms with Gasteiger partial charge in [-0.05, 0) is 30.7 Å². The van der Waals surface area contributed by atoms with Crippen LogP contribution in [-0.4, -0.2) is 16.9 Å². The van der Waals surface area contributed by atoms with Gasteiger partial charge in [0.15, 0.2) is 0 Å². The monoisotopic (exact) mass is 293 g/mol. The van der Waals surface area contributed by atoms with Crippen LogP contribution in [0.25, 0.3) is 0 Å². The van der Waals surface area contributed by atoms with Crippen molar-refractivity contribution in [2.75, 3.05) is 7.11 Å². The number of aromatic nitrogens is 2. The summed E-state index contributed by atoms with van der Waals surface area (Å²) in [5.41, 5.74) is 7.93. The Hall–Kier alpha value is -1.85. The van der Waals surface area contributed by atoms with Crippen molar-refractivity contribution in [3.63, 3.8) is 0 Å². The number of aryl methyl sites for hydroxylation is 2. The molecule has 6 heteroatoms. The SMILES string of the molecule is COc1ccc(C(N)c2cc(C)nn(C)c2=O)cc1Cl. The molecule has 0 aliphatic heterocycles. The van der Waals surface area contributed by atoms with E-state index in [1.54, 1.807) is 38.4 Å². The average Bonchev–Trinajstić information content (AvgIpc) is 2.42. The zero-order chi connectivity index (χ0) is 14.9. The van der Waals surface area contributed by atoms with Crippen LogP contribution in [0.2, 0.25) is 5.02 Å². The molecular formula is C14H16ClN3O2. The molecule has 0 fully saturated rings. The highest BCUT2D eigenvalue weighted by Gasteiger charge is 2.16. The van der Waals surface area contributed by atoms with Crippen LogP contribution >= 0.6 is 11.6 Å². The molecule has 1 heterocycles. The zero-order valence-electron chi connectivity index (χ0n) is 11.6. The molecule has 2 aromatic rings. The molecule has 1 atom stereocenters. The number of hydrogen-bond acceptors (Lipinski definition) is 4. The molecule has 1 aromatic heterocycles. The summed E-state index contributed by atoms with van der Waals surface area (Å²) in [5.74, 6) is 0.571. The Morgan fingerprint density at radius 3 is 2.70 bits per heavy atom. The lowest BCUT2D eigenvalue weighted by Gasteiger charge is -2.14. The van der Waals surface area contributed by atoms with E-state index >= 15 is 0 Å². The Labute approximate surface area is 121 Å². The second kappa shape index (κ2) is 5.64. The number of halogens is 1. The maximum Gasteiger partial charge on any atom is 0.271 e. The van der Waals surface area contributed by atoms with Crippen molar-refractivity contribution >= 4 is 11.6 Å². The van der Waals surface area contributed by atoms with Gasteiger partial charge < -0.3 is 10.5 Å². The van der Waals surface area contributed by atoms with Crippen LogP contribution < -0.4 is 16.0 Å². The van der Waals surface area contributed by atoms with E-state index in [9.17, 15) is 4.79 Å². The number of benzene rings is 1. The van der Waals surface area contributed by atoms with Gasteiger partial charge in [-0.15, -0.1) is 0 Å². The number of hydrogen-bond donors (Lipinski definition) is 1. The summed E-state index contributed by atoms with van der Waals surface area (Å²) in [4.78, 5) is 12.1. The first-order valence-corrected chi connectivity index (χ1v) is 6.45. The lowest BCUT2D eigenvalue weighted by molar-refractivity contribution is 0.415. The van der Waals surface area contributed by atoms with Gasteiger partial charge in [-0.2, -0.15) is 5.10 Å². The standard InChI is InChI=1S/C14H16ClN3O2/c1-8-6-10(14(19)18(2)17-8)13(16)9-4-5-12(20-3)11(15)7-9/h4-7,13H,16H2,1-3H3. The highest BCUT2D eigenvalue weighted by molar-refractivity contribution is 6.32. The molecule has 0 aliphatic carbocycles. The largest absolute Gasteiger partial charge is 0.495 e. The maximum absolute atomic E-state index is 12.1. The van der Waals surface area contributed by atoms with E-state index in [4.69, 9.17) is 22.1 Å².